The van der Waals surface area contributed by atoms with Gasteiger partial charge in [-0.05, 0) is 61.1 Å². The lowest BCUT2D eigenvalue weighted by atomic mass is 9.84. The van der Waals surface area contributed by atoms with Crippen LogP contribution in [-0.4, -0.2) is 22.7 Å². The Morgan fingerprint density at radius 1 is 1.13 bits per heavy atom. The fraction of sp³-hybridized carbons (Fsp3) is 0.385. The number of oxazole rings is 1. The van der Waals surface area contributed by atoms with E-state index >= 15 is 0 Å². The number of carboxylic acid groups (broad SMARTS) is 1. The van der Waals surface area contributed by atoms with Crippen molar-refractivity contribution in [1.29, 1.82) is 0 Å². The molecule has 5 heteroatoms. The molecule has 1 fully saturated rings. The van der Waals surface area contributed by atoms with Crippen molar-refractivity contribution in [1.82, 2.24) is 4.98 Å². The number of aryl methyl sites for hydroxylation is 1. The largest absolute Gasteiger partial charge is 0.493 e. The average Bonchev–Trinajstić information content (AvgIpc) is 3.15. The van der Waals surface area contributed by atoms with E-state index in [1.807, 2.05) is 19.1 Å². The maximum atomic E-state index is 10.9. The molecule has 31 heavy (non-hydrogen) atoms. The minimum absolute atomic E-state index is 0.0114. The predicted molar refractivity (Wildman–Crippen MR) is 119 cm³/mol. The molecule has 0 atom stereocenters. The van der Waals surface area contributed by atoms with Crippen molar-refractivity contribution >= 4 is 5.97 Å². The number of aromatic nitrogens is 1. The molecule has 162 valence electrons. The molecule has 1 saturated carbocycles. The molecule has 0 spiro atoms. The minimum Gasteiger partial charge on any atom is -0.493 e. The van der Waals surface area contributed by atoms with Crippen molar-refractivity contribution in [2.75, 3.05) is 6.61 Å². The lowest BCUT2D eigenvalue weighted by Crippen LogP contribution is -2.04. The standard InChI is InChI=1S/C26H29NO4/c1-18-24(14-15-30-23-9-5-6-19(16-23)17-25(28)29)27-26(31-18)22-12-10-21(11-13-22)20-7-3-2-4-8-20/h5-6,9-13,16,20H,2-4,7-8,14-15,17H2,1H3,(H,28,29). The van der Waals surface area contributed by atoms with Crippen molar-refractivity contribution in [3.8, 4) is 17.2 Å². The molecule has 0 unspecified atom stereocenters. The summed E-state index contributed by atoms with van der Waals surface area (Å²) in [7, 11) is 0. The summed E-state index contributed by atoms with van der Waals surface area (Å²) < 4.78 is 11.7. The van der Waals surface area contributed by atoms with Crippen LogP contribution in [0.5, 0.6) is 5.75 Å². The zero-order valence-corrected chi connectivity index (χ0v) is 18.0. The van der Waals surface area contributed by atoms with E-state index in [2.05, 4.69) is 29.2 Å². The minimum atomic E-state index is -0.852. The van der Waals surface area contributed by atoms with Gasteiger partial charge in [0.25, 0.3) is 0 Å². The third kappa shape index (κ3) is 5.54. The number of nitrogens with zero attached hydrogens (tertiary/aromatic N) is 1. The van der Waals surface area contributed by atoms with Gasteiger partial charge in [-0.25, -0.2) is 4.98 Å². The van der Waals surface area contributed by atoms with Crippen LogP contribution in [0.4, 0.5) is 0 Å². The highest BCUT2D eigenvalue weighted by Crippen LogP contribution is 2.33. The van der Waals surface area contributed by atoms with E-state index in [4.69, 9.17) is 14.3 Å². The molecule has 0 radical (unpaired) electrons. The number of hydrogen-bond acceptors (Lipinski definition) is 4. The van der Waals surface area contributed by atoms with Crippen LogP contribution in [0.25, 0.3) is 11.5 Å². The fourth-order valence-electron chi connectivity index (χ4n) is 4.30. The van der Waals surface area contributed by atoms with E-state index in [0.29, 0.717) is 30.6 Å². The van der Waals surface area contributed by atoms with Crippen molar-refractivity contribution in [3.63, 3.8) is 0 Å². The fourth-order valence-corrected chi connectivity index (χ4v) is 4.30. The molecule has 4 rings (SSSR count). The average molecular weight is 420 g/mol. The van der Waals surface area contributed by atoms with Crippen LogP contribution in [0.2, 0.25) is 0 Å². The second-order valence-electron chi connectivity index (χ2n) is 8.30. The quantitative estimate of drug-likeness (QED) is 0.489. The van der Waals surface area contributed by atoms with Gasteiger partial charge in [-0.1, -0.05) is 43.5 Å². The van der Waals surface area contributed by atoms with Gasteiger partial charge in [0.05, 0.1) is 18.7 Å². The normalized spacial score (nSPS) is 14.5. The first kappa shape index (κ1) is 21.2. The van der Waals surface area contributed by atoms with E-state index in [-0.39, 0.29) is 6.42 Å². The number of ether oxygens (including phenoxy) is 1. The molecule has 1 N–H and O–H groups in total. The summed E-state index contributed by atoms with van der Waals surface area (Å²) in [4.78, 5) is 15.6. The summed E-state index contributed by atoms with van der Waals surface area (Å²) in [5, 5.41) is 8.93. The van der Waals surface area contributed by atoms with Gasteiger partial charge >= 0.3 is 5.97 Å². The number of carboxylic acids is 1. The second-order valence-corrected chi connectivity index (χ2v) is 8.30. The van der Waals surface area contributed by atoms with Crippen LogP contribution in [0.3, 0.4) is 0 Å². The highest BCUT2D eigenvalue weighted by atomic mass is 16.5. The Balaban J connectivity index is 1.36. The van der Waals surface area contributed by atoms with Crippen LogP contribution in [0.15, 0.2) is 52.9 Å². The van der Waals surface area contributed by atoms with E-state index in [1.165, 1.54) is 37.7 Å². The van der Waals surface area contributed by atoms with Gasteiger partial charge in [0.2, 0.25) is 5.89 Å². The van der Waals surface area contributed by atoms with Crippen LogP contribution in [-0.2, 0) is 17.6 Å². The maximum Gasteiger partial charge on any atom is 0.307 e. The third-order valence-electron chi connectivity index (χ3n) is 5.99. The molecule has 0 saturated heterocycles. The van der Waals surface area contributed by atoms with E-state index in [1.54, 1.807) is 12.1 Å². The molecule has 2 aromatic carbocycles. The highest BCUT2D eigenvalue weighted by molar-refractivity contribution is 5.70. The molecule has 1 heterocycles. The van der Waals surface area contributed by atoms with Crippen LogP contribution in [0, 0.1) is 6.92 Å². The molecule has 1 aromatic heterocycles. The van der Waals surface area contributed by atoms with Gasteiger partial charge < -0.3 is 14.3 Å². The Morgan fingerprint density at radius 2 is 1.90 bits per heavy atom. The highest BCUT2D eigenvalue weighted by Gasteiger charge is 2.16. The molecule has 3 aromatic rings. The van der Waals surface area contributed by atoms with E-state index in [9.17, 15) is 4.79 Å². The SMILES string of the molecule is Cc1oc(-c2ccc(C3CCCCC3)cc2)nc1CCOc1cccc(CC(=O)O)c1. The molecular weight excluding hydrogens is 390 g/mol. The van der Waals surface area contributed by atoms with Crippen LogP contribution < -0.4 is 4.74 Å². The van der Waals surface area contributed by atoms with Crippen LogP contribution in [0.1, 0.15) is 60.6 Å². The smallest absolute Gasteiger partial charge is 0.307 e. The van der Waals surface area contributed by atoms with E-state index in [0.717, 1.165) is 22.6 Å². The van der Waals surface area contributed by atoms with Crippen molar-refractivity contribution < 1.29 is 19.1 Å². The van der Waals surface area contributed by atoms with Gasteiger partial charge in [0, 0.05) is 12.0 Å². The summed E-state index contributed by atoms with van der Waals surface area (Å²) in [6.45, 7) is 2.37. The van der Waals surface area contributed by atoms with Gasteiger partial charge in [0.15, 0.2) is 0 Å². The zero-order chi connectivity index (χ0) is 21.6. The second kappa shape index (κ2) is 9.82. The number of carbonyl (C=O) groups is 1. The summed E-state index contributed by atoms with van der Waals surface area (Å²) in [5.74, 6) is 1.95. The summed E-state index contributed by atoms with van der Waals surface area (Å²) in [5.41, 5.74) is 4.02. The van der Waals surface area contributed by atoms with Crippen LogP contribution >= 0.6 is 0 Å². The Labute approximate surface area is 183 Å². The molecule has 0 aliphatic heterocycles. The zero-order valence-electron chi connectivity index (χ0n) is 18.0. The first-order valence-corrected chi connectivity index (χ1v) is 11.1. The van der Waals surface area contributed by atoms with Crippen molar-refractivity contribution in [2.45, 2.75) is 57.8 Å². The summed E-state index contributed by atoms with van der Waals surface area (Å²) >= 11 is 0. The lowest BCUT2D eigenvalue weighted by Gasteiger charge is -2.21. The van der Waals surface area contributed by atoms with Gasteiger partial charge in [0.1, 0.15) is 11.5 Å². The Hall–Kier alpha value is -3.08. The molecular formula is C26H29NO4. The number of benzene rings is 2. The third-order valence-corrected chi connectivity index (χ3v) is 5.99. The van der Waals surface area contributed by atoms with Gasteiger partial charge in [-0.15, -0.1) is 0 Å². The van der Waals surface area contributed by atoms with Crippen molar-refractivity contribution in [3.05, 3.63) is 71.1 Å². The summed E-state index contributed by atoms with van der Waals surface area (Å²) in [6.07, 6.45) is 7.23. The molecule has 0 bridgehead atoms. The number of hydrogen-bond donors (Lipinski definition) is 1. The molecule has 0 amide bonds. The van der Waals surface area contributed by atoms with E-state index < -0.39 is 5.97 Å². The Kier molecular flexibility index (Phi) is 6.70. The number of aliphatic carboxylic acids is 1. The molecule has 1 aliphatic carbocycles. The van der Waals surface area contributed by atoms with Crippen molar-refractivity contribution in [2.24, 2.45) is 0 Å². The first-order valence-electron chi connectivity index (χ1n) is 11.1. The monoisotopic (exact) mass is 419 g/mol. The maximum absolute atomic E-state index is 10.9. The predicted octanol–water partition coefficient (Wildman–Crippen LogP) is 5.95. The lowest BCUT2D eigenvalue weighted by molar-refractivity contribution is -0.136. The Morgan fingerprint density at radius 3 is 2.65 bits per heavy atom. The summed E-state index contributed by atoms with van der Waals surface area (Å²) in [6, 6.07) is 15.9. The van der Waals surface area contributed by atoms with Gasteiger partial charge in [-0.3, -0.25) is 4.79 Å². The van der Waals surface area contributed by atoms with Gasteiger partial charge in [-0.2, -0.15) is 0 Å². The topological polar surface area (TPSA) is 72.6 Å². The first-order chi connectivity index (χ1) is 15.1. The molecule has 5 nitrogen and oxygen atoms in total. The number of rotatable bonds is 8. The molecule has 1 aliphatic rings. The Bertz CT molecular complexity index is 1020.